The van der Waals surface area contributed by atoms with Gasteiger partial charge in [-0.3, -0.25) is 9.59 Å². The van der Waals surface area contributed by atoms with E-state index in [0.29, 0.717) is 16.6 Å². The van der Waals surface area contributed by atoms with Crippen LogP contribution in [-0.2, 0) is 0 Å². The SMILES string of the molecule is Cc1ccc(C(=O)N/N=C(/c2nc3ccccc3[nH]c2=O)C(O)C(O)CO)cc1. The van der Waals surface area contributed by atoms with Crippen molar-refractivity contribution >= 4 is 22.7 Å². The maximum absolute atomic E-state index is 12.5. The number of fused-ring (bicyclic) bond motifs is 1. The second-order valence-electron chi connectivity index (χ2n) is 6.43. The number of carbonyl (C=O) groups excluding carboxylic acids is 1. The third-order valence-corrected chi connectivity index (χ3v) is 4.27. The summed E-state index contributed by atoms with van der Waals surface area (Å²) in [6.45, 7) is 1.10. The summed E-state index contributed by atoms with van der Waals surface area (Å²) in [5, 5.41) is 33.2. The lowest BCUT2D eigenvalue weighted by atomic mass is 10.1. The van der Waals surface area contributed by atoms with Crippen LogP contribution in [0.1, 0.15) is 21.6 Å². The molecule has 5 N–H and O–H groups in total. The van der Waals surface area contributed by atoms with Crippen LogP contribution in [0.4, 0.5) is 0 Å². The third-order valence-electron chi connectivity index (χ3n) is 4.27. The van der Waals surface area contributed by atoms with E-state index in [1.807, 2.05) is 6.92 Å². The maximum Gasteiger partial charge on any atom is 0.276 e. The summed E-state index contributed by atoms with van der Waals surface area (Å²) in [7, 11) is 0. The summed E-state index contributed by atoms with van der Waals surface area (Å²) in [5.41, 5.74) is 3.11. The number of aryl methyl sites for hydroxylation is 1. The molecule has 0 saturated carbocycles. The number of hydrogen-bond donors (Lipinski definition) is 5. The highest BCUT2D eigenvalue weighted by Gasteiger charge is 2.27. The first kappa shape index (κ1) is 20.3. The number of rotatable bonds is 6. The highest BCUT2D eigenvalue weighted by Crippen LogP contribution is 2.09. The van der Waals surface area contributed by atoms with Crippen LogP contribution in [0.15, 0.2) is 58.4 Å². The van der Waals surface area contributed by atoms with Gasteiger partial charge in [0.25, 0.3) is 11.5 Å². The molecule has 0 bridgehead atoms. The van der Waals surface area contributed by atoms with E-state index >= 15 is 0 Å². The molecule has 0 spiro atoms. The summed E-state index contributed by atoms with van der Waals surface area (Å²) in [6.07, 6.45) is -3.38. The van der Waals surface area contributed by atoms with Crippen molar-refractivity contribution < 1.29 is 20.1 Å². The highest BCUT2D eigenvalue weighted by atomic mass is 16.4. The zero-order chi connectivity index (χ0) is 21.0. The van der Waals surface area contributed by atoms with Crippen molar-refractivity contribution in [3.8, 4) is 0 Å². The minimum absolute atomic E-state index is 0.284. The van der Waals surface area contributed by atoms with Crippen molar-refractivity contribution in [1.29, 1.82) is 0 Å². The molecule has 0 aliphatic carbocycles. The van der Waals surface area contributed by atoms with Gasteiger partial charge in [-0.1, -0.05) is 29.8 Å². The summed E-state index contributed by atoms with van der Waals surface area (Å²) in [6, 6.07) is 13.4. The zero-order valence-corrected chi connectivity index (χ0v) is 15.5. The highest BCUT2D eigenvalue weighted by molar-refractivity contribution is 6.04. The Kier molecular flexibility index (Phi) is 6.13. The van der Waals surface area contributed by atoms with Gasteiger partial charge in [-0.05, 0) is 31.2 Å². The number of hydrazone groups is 1. The molecule has 29 heavy (non-hydrogen) atoms. The molecule has 1 heterocycles. The number of carbonyl (C=O) groups is 1. The van der Waals surface area contributed by atoms with Gasteiger partial charge in [0.15, 0.2) is 5.69 Å². The fraction of sp³-hybridized carbons (Fsp3) is 0.200. The van der Waals surface area contributed by atoms with Gasteiger partial charge in [-0.2, -0.15) is 5.10 Å². The van der Waals surface area contributed by atoms with Gasteiger partial charge in [-0.15, -0.1) is 0 Å². The fourth-order valence-corrected chi connectivity index (χ4v) is 2.62. The zero-order valence-electron chi connectivity index (χ0n) is 15.5. The first-order valence-corrected chi connectivity index (χ1v) is 8.81. The van der Waals surface area contributed by atoms with Crippen molar-refractivity contribution in [2.75, 3.05) is 6.61 Å². The predicted molar refractivity (Wildman–Crippen MR) is 107 cm³/mol. The molecule has 3 aromatic rings. The predicted octanol–water partition coefficient (Wildman–Crippen LogP) is 0.0797. The molecule has 0 aliphatic rings. The maximum atomic E-state index is 12.5. The van der Waals surface area contributed by atoms with Crippen LogP contribution in [-0.4, -0.2) is 55.7 Å². The average Bonchev–Trinajstić information content (AvgIpc) is 2.73. The Balaban J connectivity index is 2.02. The van der Waals surface area contributed by atoms with Crippen LogP contribution in [0.25, 0.3) is 11.0 Å². The normalized spacial score (nSPS) is 13.9. The fourth-order valence-electron chi connectivity index (χ4n) is 2.62. The lowest BCUT2D eigenvalue weighted by molar-refractivity contribution is 0.0183. The van der Waals surface area contributed by atoms with Gasteiger partial charge < -0.3 is 20.3 Å². The van der Waals surface area contributed by atoms with Crippen molar-refractivity contribution in [2.24, 2.45) is 5.10 Å². The number of aliphatic hydroxyl groups excluding tert-OH is 3. The van der Waals surface area contributed by atoms with Crippen LogP contribution in [0.3, 0.4) is 0 Å². The number of benzene rings is 2. The minimum Gasteiger partial charge on any atom is -0.394 e. The van der Waals surface area contributed by atoms with Crippen molar-refractivity contribution in [3.63, 3.8) is 0 Å². The lowest BCUT2D eigenvalue weighted by Crippen LogP contribution is -2.41. The summed E-state index contributed by atoms with van der Waals surface area (Å²) < 4.78 is 0. The molecule has 9 nitrogen and oxygen atoms in total. The van der Waals surface area contributed by atoms with Gasteiger partial charge >= 0.3 is 0 Å². The number of H-pyrrole nitrogens is 1. The molecule has 1 aromatic heterocycles. The van der Waals surface area contributed by atoms with E-state index < -0.39 is 30.3 Å². The Morgan fingerprint density at radius 3 is 2.55 bits per heavy atom. The van der Waals surface area contributed by atoms with Gasteiger partial charge in [0, 0.05) is 5.56 Å². The van der Waals surface area contributed by atoms with Crippen molar-refractivity contribution in [1.82, 2.24) is 15.4 Å². The van der Waals surface area contributed by atoms with Gasteiger partial charge in [0.1, 0.15) is 17.9 Å². The first-order chi connectivity index (χ1) is 13.9. The monoisotopic (exact) mass is 396 g/mol. The Bertz CT molecular complexity index is 1110. The molecule has 0 fully saturated rings. The quantitative estimate of drug-likeness (QED) is 0.294. The molecule has 1 amide bonds. The van der Waals surface area contributed by atoms with E-state index in [4.69, 9.17) is 5.11 Å². The van der Waals surface area contributed by atoms with E-state index in [9.17, 15) is 19.8 Å². The van der Waals surface area contributed by atoms with Crippen molar-refractivity contribution in [3.05, 3.63) is 75.7 Å². The van der Waals surface area contributed by atoms with Crippen LogP contribution >= 0.6 is 0 Å². The average molecular weight is 396 g/mol. The summed E-state index contributed by atoms with van der Waals surface area (Å²) >= 11 is 0. The number of aromatic amines is 1. The lowest BCUT2D eigenvalue weighted by Gasteiger charge is -2.17. The number of amides is 1. The van der Waals surface area contributed by atoms with E-state index in [-0.39, 0.29) is 11.4 Å². The standard InChI is InChI=1S/C20H20N4O5/c1-11-6-8-12(9-7-11)19(28)24-23-16(18(27)15(26)10-25)17-20(29)22-14-5-3-2-4-13(14)21-17/h2-9,15,18,25-27H,10H2,1H3,(H,22,29)(H,24,28)/b23-16-. The minimum atomic E-state index is -1.76. The largest absolute Gasteiger partial charge is 0.394 e. The number of nitrogens with one attached hydrogen (secondary N) is 2. The molecule has 2 atom stereocenters. The van der Waals surface area contributed by atoms with Gasteiger partial charge in [0.05, 0.1) is 17.6 Å². The third kappa shape index (κ3) is 4.54. The second-order valence-corrected chi connectivity index (χ2v) is 6.43. The second kappa shape index (κ2) is 8.74. The van der Waals surface area contributed by atoms with Crippen LogP contribution in [0.2, 0.25) is 0 Å². The molecule has 2 unspecified atom stereocenters. The Morgan fingerprint density at radius 2 is 1.86 bits per heavy atom. The van der Waals surface area contributed by atoms with E-state index in [1.54, 1.807) is 48.5 Å². The molecule has 3 rings (SSSR count). The summed E-state index contributed by atoms with van der Waals surface area (Å²) in [5.74, 6) is -0.578. The molecule has 9 heteroatoms. The van der Waals surface area contributed by atoms with E-state index in [1.165, 1.54) is 0 Å². The molecular formula is C20H20N4O5. The van der Waals surface area contributed by atoms with Crippen LogP contribution in [0.5, 0.6) is 0 Å². The smallest absolute Gasteiger partial charge is 0.276 e. The van der Waals surface area contributed by atoms with Gasteiger partial charge in [-0.25, -0.2) is 10.4 Å². The number of nitrogens with zero attached hydrogens (tertiary/aromatic N) is 2. The summed E-state index contributed by atoms with van der Waals surface area (Å²) in [4.78, 5) is 31.6. The van der Waals surface area contributed by atoms with E-state index in [0.717, 1.165) is 5.56 Å². The molecular weight excluding hydrogens is 376 g/mol. The first-order valence-electron chi connectivity index (χ1n) is 8.81. The van der Waals surface area contributed by atoms with E-state index in [2.05, 4.69) is 20.5 Å². The molecule has 0 radical (unpaired) electrons. The molecule has 2 aromatic carbocycles. The number of para-hydroxylation sites is 2. The van der Waals surface area contributed by atoms with Crippen LogP contribution < -0.4 is 11.0 Å². The van der Waals surface area contributed by atoms with Crippen molar-refractivity contribution in [2.45, 2.75) is 19.1 Å². The molecule has 150 valence electrons. The van der Waals surface area contributed by atoms with Crippen LogP contribution in [0, 0.1) is 6.92 Å². The topological polar surface area (TPSA) is 148 Å². The number of aliphatic hydroxyl groups is 3. The number of aromatic nitrogens is 2. The Morgan fingerprint density at radius 1 is 1.17 bits per heavy atom. The number of hydrogen-bond acceptors (Lipinski definition) is 7. The Labute approximate surface area is 165 Å². The Hall–Kier alpha value is -3.40. The van der Waals surface area contributed by atoms with Gasteiger partial charge in [0.2, 0.25) is 0 Å². The molecule has 0 aliphatic heterocycles. The molecule has 0 saturated heterocycles.